The summed E-state index contributed by atoms with van der Waals surface area (Å²) in [6.45, 7) is 2.41. The molecule has 4 N–H and O–H groups in total. The monoisotopic (exact) mass is 198 g/mol. The molecule has 78 valence electrons. The van der Waals surface area contributed by atoms with Gasteiger partial charge in [0.05, 0.1) is 6.20 Å². The Bertz CT molecular complexity index is 256. The Hall–Kier alpha value is -1.20. The summed E-state index contributed by atoms with van der Waals surface area (Å²) in [4.78, 5) is 5.89. The molecule has 1 aromatic heterocycles. The molecular formula is C9H15FN4. The molecule has 1 aromatic rings. The van der Waals surface area contributed by atoms with E-state index in [2.05, 4.69) is 4.98 Å². The molecule has 0 aromatic carbocycles. The first kappa shape index (κ1) is 10.9. The molecule has 0 atom stereocenters. The number of aromatic nitrogens is 1. The minimum atomic E-state index is -0.339. The van der Waals surface area contributed by atoms with Crippen LogP contribution in [0.4, 0.5) is 10.2 Å². The molecule has 14 heavy (non-hydrogen) atoms. The zero-order chi connectivity index (χ0) is 10.4. The van der Waals surface area contributed by atoms with E-state index in [-0.39, 0.29) is 5.82 Å². The first-order chi connectivity index (χ1) is 6.77. The van der Waals surface area contributed by atoms with Crippen LogP contribution in [0.25, 0.3) is 0 Å². The average molecular weight is 198 g/mol. The average Bonchev–Trinajstić information content (AvgIpc) is 2.19. The molecule has 0 fully saturated rings. The molecule has 0 bridgehead atoms. The minimum absolute atomic E-state index is 0.339. The molecule has 0 unspecified atom stereocenters. The molecule has 0 aliphatic carbocycles. The predicted octanol–water partition coefficient (Wildman–Crippen LogP) is -0.0555. The standard InChI is InChI=1S/C9H15FN4/c10-8-1-2-9(13-7-8)14(5-3-11)6-4-12/h1-2,7H,3-6,11-12H2. The third-order valence-corrected chi connectivity index (χ3v) is 1.83. The van der Waals surface area contributed by atoms with Gasteiger partial charge in [0.2, 0.25) is 0 Å². The minimum Gasteiger partial charge on any atom is -0.354 e. The van der Waals surface area contributed by atoms with Gasteiger partial charge in [0.15, 0.2) is 0 Å². The van der Waals surface area contributed by atoms with Crippen molar-refractivity contribution in [1.82, 2.24) is 4.98 Å². The molecule has 0 spiro atoms. The summed E-state index contributed by atoms with van der Waals surface area (Å²) in [5.41, 5.74) is 10.9. The van der Waals surface area contributed by atoms with Gasteiger partial charge in [-0.3, -0.25) is 0 Å². The third-order valence-electron chi connectivity index (χ3n) is 1.83. The molecule has 0 amide bonds. The molecule has 1 heterocycles. The van der Waals surface area contributed by atoms with Gasteiger partial charge >= 0.3 is 0 Å². The summed E-state index contributed by atoms with van der Waals surface area (Å²) < 4.78 is 12.6. The molecular weight excluding hydrogens is 183 g/mol. The van der Waals surface area contributed by atoms with Crippen LogP contribution in [0.1, 0.15) is 0 Å². The summed E-state index contributed by atoms with van der Waals surface area (Å²) in [6, 6.07) is 3.00. The normalized spacial score (nSPS) is 10.2. The van der Waals surface area contributed by atoms with Crippen molar-refractivity contribution in [1.29, 1.82) is 0 Å². The van der Waals surface area contributed by atoms with E-state index in [0.717, 1.165) is 0 Å². The van der Waals surface area contributed by atoms with Crippen LogP contribution in [0.3, 0.4) is 0 Å². The molecule has 5 heteroatoms. The topological polar surface area (TPSA) is 68.2 Å². The van der Waals surface area contributed by atoms with E-state index in [1.807, 2.05) is 4.90 Å². The van der Waals surface area contributed by atoms with E-state index in [9.17, 15) is 4.39 Å². The van der Waals surface area contributed by atoms with Gasteiger partial charge in [-0.2, -0.15) is 0 Å². The van der Waals surface area contributed by atoms with E-state index >= 15 is 0 Å². The van der Waals surface area contributed by atoms with Crippen molar-refractivity contribution in [2.24, 2.45) is 11.5 Å². The second-order valence-corrected chi connectivity index (χ2v) is 2.90. The molecule has 0 aliphatic rings. The fourth-order valence-corrected chi connectivity index (χ4v) is 1.21. The third kappa shape index (κ3) is 2.93. The lowest BCUT2D eigenvalue weighted by Gasteiger charge is -2.21. The predicted molar refractivity (Wildman–Crippen MR) is 54.5 cm³/mol. The van der Waals surface area contributed by atoms with Crippen molar-refractivity contribution in [3.8, 4) is 0 Å². The highest BCUT2D eigenvalue weighted by molar-refractivity contribution is 5.37. The van der Waals surface area contributed by atoms with Crippen LogP contribution >= 0.6 is 0 Å². The number of rotatable bonds is 5. The molecule has 0 saturated carbocycles. The van der Waals surface area contributed by atoms with Gasteiger partial charge in [0, 0.05) is 26.2 Å². The van der Waals surface area contributed by atoms with Gasteiger partial charge in [-0.1, -0.05) is 0 Å². The Labute approximate surface area is 82.7 Å². The van der Waals surface area contributed by atoms with E-state index < -0.39 is 0 Å². The number of nitrogens with two attached hydrogens (primary N) is 2. The first-order valence-electron chi connectivity index (χ1n) is 4.54. The van der Waals surface area contributed by atoms with Gasteiger partial charge in [-0.25, -0.2) is 9.37 Å². The zero-order valence-corrected chi connectivity index (χ0v) is 7.99. The molecule has 0 radical (unpaired) electrons. The maximum absolute atomic E-state index is 12.6. The Kier molecular flexibility index (Phi) is 4.28. The summed E-state index contributed by atoms with van der Waals surface area (Å²) in [5.74, 6) is 0.372. The van der Waals surface area contributed by atoms with Crippen molar-refractivity contribution in [3.63, 3.8) is 0 Å². The van der Waals surface area contributed by atoms with E-state index in [1.54, 1.807) is 6.07 Å². The van der Waals surface area contributed by atoms with Gasteiger partial charge in [-0.05, 0) is 12.1 Å². The fourth-order valence-electron chi connectivity index (χ4n) is 1.21. The number of nitrogens with zero attached hydrogens (tertiary/aromatic N) is 2. The van der Waals surface area contributed by atoms with Gasteiger partial charge in [-0.15, -0.1) is 0 Å². The van der Waals surface area contributed by atoms with E-state index in [1.165, 1.54) is 12.3 Å². The SMILES string of the molecule is NCCN(CCN)c1ccc(F)cn1. The highest BCUT2D eigenvalue weighted by Crippen LogP contribution is 2.09. The van der Waals surface area contributed by atoms with Gasteiger partial charge in [0.1, 0.15) is 11.6 Å². The van der Waals surface area contributed by atoms with Crippen molar-refractivity contribution in [2.75, 3.05) is 31.1 Å². The van der Waals surface area contributed by atoms with Crippen LogP contribution < -0.4 is 16.4 Å². The Morgan fingerprint density at radius 1 is 1.21 bits per heavy atom. The molecule has 0 saturated heterocycles. The zero-order valence-electron chi connectivity index (χ0n) is 7.99. The second kappa shape index (κ2) is 5.51. The van der Waals surface area contributed by atoms with E-state index in [4.69, 9.17) is 11.5 Å². The van der Waals surface area contributed by atoms with Crippen molar-refractivity contribution in [2.45, 2.75) is 0 Å². The van der Waals surface area contributed by atoms with Crippen LogP contribution in [0.5, 0.6) is 0 Å². The number of hydrogen-bond acceptors (Lipinski definition) is 4. The largest absolute Gasteiger partial charge is 0.354 e. The maximum Gasteiger partial charge on any atom is 0.141 e. The Balaban J connectivity index is 2.71. The number of halogens is 1. The highest BCUT2D eigenvalue weighted by atomic mass is 19.1. The van der Waals surface area contributed by atoms with E-state index in [0.29, 0.717) is 32.0 Å². The quantitative estimate of drug-likeness (QED) is 0.695. The van der Waals surface area contributed by atoms with Crippen LogP contribution in [0.2, 0.25) is 0 Å². The van der Waals surface area contributed by atoms with Crippen LogP contribution in [0.15, 0.2) is 18.3 Å². The lowest BCUT2D eigenvalue weighted by atomic mass is 10.4. The summed E-state index contributed by atoms with van der Waals surface area (Å²) in [5, 5.41) is 0. The Morgan fingerprint density at radius 3 is 2.29 bits per heavy atom. The van der Waals surface area contributed by atoms with Crippen molar-refractivity contribution >= 4 is 5.82 Å². The van der Waals surface area contributed by atoms with Crippen molar-refractivity contribution in [3.05, 3.63) is 24.1 Å². The summed E-state index contributed by atoms with van der Waals surface area (Å²) in [6.07, 6.45) is 1.19. The molecule has 1 rings (SSSR count). The van der Waals surface area contributed by atoms with Crippen LogP contribution in [0, 0.1) is 5.82 Å². The van der Waals surface area contributed by atoms with Gasteiger partial charge < -0.3 is 16.4 Å². The number of pyridine rings is 1. The maximum atomic E-state index is 12.6. The fraction of sp³-hybridized carbons (Fsp3) is 0.444. The smallest absolute Gasteiger partial charge is 0.141 e. The highest BCUT2D eigenvalue weighted by Gasteiger charge is 2.05. The van der Waals surface area contributed by atoms with Crippen molar-refractivity contribution < 1.29 is 4.39 Å². The van der Waals surface area contributed by atoms with Crippen LogP contribution in [-0.2, 0) is 0 Å². The number of anilines is 1. The second-order valence-electron chi connectivity index (χ2n) is 2.90. The summed E-state index contributed by atoms with van der Waals surface area (Å²) in [7, 11) is 0. The number of hydrogen-bond donors (Lipinski definition) is 2. The lowest BCUT2D eigenvalue weighted by Crippen LogP contribution is -2.34. The summed E-state index contributed by atoms with van der Waals surface area (Å²) >= 11 is 0. The first-order valence-corrected chi connectivity index (χ1v) is 4.54. The molecule has 0 aliphatic heterocycles. The molecule has 4 nitrogen and oxygen atoms in total. The van der Waals surface area contributed by atoms with Crippen LogP contribution in [-0.4, -0.2) is 31.2 Å². The van der Waals surface area contributed by atoms with Gasteiger partial charge in [0.25, 0.3) is 0 Å². The Morgan fingerprint density at radius 2 is 1.86 bits per heavy atom. The lowest BCUT2D eigenvalue weighted by molar-refractivity contribution is 0.620.